The Kier molecular flexibility index (Phi) is 7.79. The molecule has 0 spiro atoms. The number of hydrogen-bond donors (Lipinski definition) is 1. The Morgan fingerprint density at radius 2 is 1.52 bits per heavy atom. The van der Waals surface area contributed by atoms with E-state index in [2.05, 4.69) is 73.0 Å². The van der Waals surface area contributed by atoms with Crippen molar-refractivity contribution in [3.05, 3.63) is 0 Å². The molecule has 5 nitrogen and oxygen atoms in total. The van der Waals surface area contributed by atoms with Crippen LogP contribution in [-0.4, -0.2) is 47.1 Å². The van der Waals surface area contributed by atoms with Crippen LogP contribution in [0.5, 0.6) is 0 Å². The van der Waals surface area contributed by atoms with E-state index in [9.17, 15) is 9.59 Å². The van der Waals surface area contributed by atoms with Crippen LogP contribution in [0.25, 0.3) is 0 Å². The summed E-state index contributed by atoms with van der Waals surface area (Å²) in [6.45, 7) is 24.7. The summed E-state index contributed by atoms with van der Waals surface area (Å²) in [4.78, 5) is 25.9. The van der Waals surface area contributed by atoms with Gasteiger partial charge in [0.25, 0.3) is 0 Å². The van der Waals surface area contributed by atoms with Gasteiger partial charge >= 0.3 is 0 Å². The van der Waals surface area contributed by atoms with Crippen molar-refractivity contribution in [1.29, 1.82) is 0 Å². The lowest BCUT2D eigenvalue weighted by Gasteiger charge is -2.48. The average Bonchev–Trinajstić information content (AvgIpc) is 2.56. The summed E-state index contributed by atoms with van der Waals surface area (Å²) in [6.07, 6.45) is 2.59. The molecule has 1 aliphatic carbocycles. The van der Waals surface area contributed by atoms with E-state index in [4.69, 9.17) is 8.85 Å². The molecule has 0 unspecified atom stereocenters. The summed E-state index contributed by atoms with van der Waals surface area (Å²) >= 11 is 0. The van der Waals surface area contributed by atoms with Gasteiger partial charge in [0, 0.05) is 18.4 Å². The van der Waals surface area contributed by atoms with Gasteiger partial charge in [0.2, 0.25) is 5.91 Å². The molecule has 0 aromatic heterocycles. The van der Waals surface area contributed by atoms with Crippen molar-refractivity contribution in [2.24, 2.45) is 17.8 Å². The smallest absolute Gasteiger partial charge is 0.228 e. The number of nitrogens with one attached hydrogen (secondary N) is 1. The summed E-state index contributed by atoms with van der Waals surface area (Å²) in [5.41, 5.74) is 0. The highest BCUT2D eigenvalue weighted by atomic mass is 28.4. The third-order valence-corrected chi connectivity index (χ3v) is 17.6. The molecule has 0 aromatic rings. The second-order valence-corrected chi connectivity index (χ2v) is 22.4. The van der Waals surface area contributed by atoms with Crippen LogP contribution in [0.3, 0.4) is 0 Å². The normalized spacial score (nSPS) is 29.4. The Bertz CT molecular complexity index is 678. The van der Waals surface area contributed by atoms with E-state index >= 15 is 0 Å². The van der Waals surface area contributed by atoms with Crippen LogP contribution in [0.2, 0.25) is 36.3 Å². The van der Waals surface area contributed by atoms with E-state index in [1.807, 2.05) is 6.92 Å². The average molecular weight is 470 g/mol. The van der Waals surface area contributed by atoms with E-state index in [0.29, 0.717) is 6.61 Å². The van der Waals surface area contributed by atoms with Crippen LogP contribution < -0.4 is 5.32 Å². The predicted molar refractivity (Wildman–Crippen MR) is 132 cm³/mol. The molecule has 180 valence electrons. The predicted octanol–water partition coefficient (Wildman–Crippen LogP) is 5.52. The van der Waals surface area contributed by atoms with Gasteiger partial charge in [0.05, 0.1) is 18.1 Å². The zero-order valence-corrected chi connectivity index (χ0v) is 23.8. The Labute approximate surface area is 192 Å². The van der Waals surface area contributed by atoms with Crippen molar-refractivity contribution in [3.8, 4) is 0 Å². The summed E-state index contributed by atoms with van der Waals surface area (Å²) in [6, 6.07) is -0.101. The first-order valence-corrected chi connectivity index (χ1v) is 17.9. The standard InChI is InChI=1S/C24H47NO4Si2/c1-16(29-31(10,11)24(5,6)7)19-20(25-22(19)27)18-14-12-13-17(21(18)26)15-28-30(8,9)23(2,3)4/h16-20H,12-15H2,1-11H3,(H,25,27)/t16-,17-,18-,19-,20-/m1/s1. The van der Waals surface area contributed by atoms with Crippen LogP contribution in [0.1, 0.15) is 67.7 Å². The maximum atomic E-state index is 13.4. The molecule has 2 fully saturated rings. The number of Topliss-reactive ketones (excluding diaryl/α,β-unsaturated/α-hetero) is 1. The fourth-order valence-electron chi connectivity index (χ4n) is 4.21. The number of carbonyl (C=O) groups excluding carboxylic acids is 2. The zero-order chi connectivity index (χ0) is 24.0. The fraction of sp³-hybridized carbons (Fsp3) is 0.917. The van der Waals surface area contributed by atoms with Crippen molar-refractivity contribution in [2.75, 3.05) is 6.61 Å². The third kappa shape index (κ3) is 5.71. The van der Waals surface area contributed by atoms with E-state index < -0.39 is 16.6 Å². The summed E-state index contributed by atoms with van der Waals surface area (Å²) in [7, 11) is -3.87. The first kappa shape index (κ1) is 26.7. The molecule has 0 radical (unpaired) electrons. The van der Waals surface area contributed by atoms with Crippen LogP contribution in [0, 0.1) is 17.8 Å². The number of β-lactam (4-membered cyclic amide) rings is 1. The van der Waals surface area contributed by atoms with Crippen molar-refractivity contribution in [3.63, 3.8) is 0 Å². The van der Waals surface area contributed by atoms with E-state index in [1.165, 1.54) is 0 Å². The molecule has 1 N–H and O–H groups in total. The molecule has 5 atom stereocenters. The minimum absolute atomic E-state index is 0.0312. The lowest BCUT2D eigenvalue weighted by molar-refractivity contribution is -0.147. The topological polar surface area (TPSA) is 64.6 Å². The molecule has 1 aliphatic heterocycles. The van der Waals surface area contributed by atoms with Crippen LogP contribution in [0.4, 0.5) is 0 Å². The molecule has 31 heavy (non-hydrogen) atoms. The van der Waals surface area contributed by atoms with Crippen molar-refractivity contribution >= 4 is 28.3 Å². The van der Waals surface area contributed by atoms with E-state index in [-0.39, 0.29) is 51.7 Å². The molecule has 0 aromatic carbocycles. The van der Waals surface area contributed by atoms with Gasteiger partial charge in [-0.05, 0) is 56.0 Å². The SMILES string of the molecule is C[C@@H](O[Si](C)(C)C(C)(C)C)[C@H]1C(=O)N[C@@H]1[C@H]1CCC[C@H](CO[Si](C)(C)C(C)(C)C)C1=O. The van der Waals surface area contributed by atoms with Gasteiger partial charge in [-0.1, -0.05) is 48.0 Å². The summed E-state index contributed by atoms with van der Waals surface area (Å²) in [5, 5.41) is 3.28. The molecule has 2 rings (SSSR count). The van der Waals surface area contributed by atoms with Crippen molar-refractivity contribution < 1.29 is 18.4 Å². The number of hydrogen-bond acceptors (Lipinski definition) is 4. The van der Waals surface area contributed by atoms with Crippen LogP contribution in [0.15, 0.2) is 0 Å². The van der Waals surface area contributed by atoms with E-state index in [0.717, 1.165) is 19.3 Å². The van der Waals surface area contributed by atoms with Gasteiger partial charge in [-0.2, -0.15) is 0 Å². The zero-order valence-electron chi connectivity index (χ0n) is 21.8. The summed E-state index contributed by atoms with van der Waals surface area (Å²) < 4.78 is 12.9. The largest absolute Gasteiger partial charge is 0.416 e. The van der Waals surface area contributed by atoms with Crippen molar-refractivity contribution in [2.45, 2.75) is 116 Å². The fourth-order valence-corrected chi connectivity index (χ4v) is 6.69. The highest BCUT2D eigenvalue weighted by molar-refractivity contribution is 6.74. The first-order chi connectivity index (χ1) is 13.9. The van der Waals surface area contributed by atoms with Gasteiger partial charge < -0.3 is 14.2 Å². The Hall–Kier alpha value is -0.506. The second kappa shape index (κ2) is 9.03. The maximum Gasteiger partial charge on any atom is 0.228 e. The monoisotopic (exact) mass is 469 g/mol. The molecular weight excluding hydrogens is 422 g/mol. The van der Waals surface area contributed by atoms with Gasteiger partial charge in [0.15, 0.2) is 16.6 Å². The summed E-state index contributed by atoms with van der Waals surface area (Å²) in [5.74, 6) is -0.0937. The molecule has 2 aliphatic rings. The first-order valence-electron chi connectivity index (χ1n) is 12.0. The Balaban J connectivity index is 2.06. The number of carbonyl (C=O) groups is 2. The minimum Gasteiger partial charge on any atom is -0.416 e. The highest BCUT2D eigenvalue weighted by Crippen LogP contribution is 2.42. The quantitative estimate of drug-likeness (QED) is 0.394. The minimum atomic E-state index is -1.98. The molecule has 0 bridgehead atoms. The third-order valence-electron chi connectivity index (χ3n) is 8.51. The maximum absolute atomic E-state index is 13.4. The Morgan fingerprint density at radius 1 is 0.968 bits per heavy atom. The Morgan fingerprint density at radius 3 is 2.00 bits per heavy atom. The van der Waals surface area contributed by atoms with Crippen LogP contribution in [-0.2, 0) is 18.4 Å². The van der Waals surface area contributed by atoms with Gasteiger partial charge in [-0.25, -0.2) is 0 Å². The van der Waals surface area contributed by atoms with Crippen LogP contribution >= 0.6 is 0 Å². The lowest BCUT2D eigenvalue weighted by Crippen LogP contribution is -2.68. The van der Waals surface area contributed by atoms with Gasteiger partial charge in [-0.15, -0.1) is 0 Å². The highest BCUT2D eigenvalue weighted by Gasteiger charge is 2.53. The lowest BCUT2D eigenvalue weighted by atomic mass is 9.69. The number of ketones is 1. The van der Waals surface area contributed by atoms with E-state index in [1.54, 1.807) is 0 Å². The second-order valence-electron chi connectivity index (χ2n) is 12.9. The van der Waals surface area contributed by atoms with Gasteiger partial charge in [-0.3, -0.25) is 9.59 Å². The molecule has 1 amide bonds. The molecule has 1 heterocycles. The molecule has 7 heteroatoms. The number of rotatable bonds is 7. The van der Waals surface area contributed by atoms with Gasteiger partial charge in [0.1, 0.15) is 5.78 Å². The molecular formula is C24H47NO4Si2. The van der Waals surface area contributed by atoms with Crippen molar-refractivity contribution in [1.82, 2.24) is 5.32 Å². The molecule has 1 saturated heterocycles. The number of amides is 1. The molecule has 1 saturated carbocycles.